The van der Waals surface area contributed by atoms with Crippen LogP contribution in [0, 0.1) is 5.82 Å². The topological polar surface area (TPSA) is 134 Å². The van der Waals surface area contributed by atoms with Gasteiger partial charge in [-0.15, -0.1) is 0 Å². The number of carbonyl (C=O) groups excluding carboxylic acids is 1. The van der Waals surface area contributed by atoms with Crippen LogP contribution in [-0.2, 0) is 11.3 Å². The van der Waals surface area contributed by atoms with Crippen molar-refractivity contribution < 1.29 is 65.0 Å². The largest absolute Gasteiger partial charge is 1.00 e. The van der Waals surface area contributed by atoms with Crippen molar-refractivity contribution in [2.75, 3.05) is 7.11 Å². The number of carboxylic acid groups (broad SMARTS) is 1. The summed E-state index contributed by atoms with van der Waals surface area (Å²) in [5.74, 6) is -1.50. The van der Waals surface area contributed by atoms with Gasteiger partial charge in [-0.25, -0.2) is 9.07 Å². The number of carboxylic acids is 1. The Hall–Kier alpha value is -3.02. The van der Waals surface area contributed by atoms with Crippen molar-refractivity contribution in [1.82, 2.24) is 15.1 Å². The summed E-state index contributed by atoms with van der Waals surface area (Å²) in [4.78, 5) is 24.1. The fourth-order valence-electron chi connectivity index (χ4n) is 4.01. The number of amides is 1. The van der Waals surface area contributed by atoms with Crippen LogP contribution in [0.5, 0.6) is 5.75 Å². The van der Waals surface area contributed by atoms with Gasteiger partial charge in [0.15, 0.2) is 5.69 Å². The molecule has 0 saturated carbocycles. The van der Waals surface area contributed by atoms with Crippen molar-refractivity contribution >= 4 is 18.0 Å². The Morgan fingerprint density at radius 2 is 1.87 bits per heavy atom. The number of nitrogens with one attached hydrogen (secondary N) is 1. The number of aliphatic carboxylic acids is 1. The van der Waals surface area contributed by atoms with Crippen LogP contribution in [0.1, 0.15) is 61.3 Å². The molecule has 3 rings (SSSR count). The Balaban J connectivity index is 0.00000400. The summed E-state index contributed by atoms with van der Waals surface area (Å²) in [7, 11) is 1.56. The van der Waals surface area contributed by atoms with Crippen LogP contribution in [-0.4, -0.2) is 56.3 Å². The molecule has 11 heteroatoms. The summed E-state index contributed by atoms with van der Waals surface area (Å²) >= 11 is 0. The number of methoxy groups -OCH3 is 1. The molecule has 2 aromatic carbocycles. The van der Waals surface area contributed by atoms with Gasteiger partial charge >= 0.3 is 35.5 Å². The maximum atomic E-state index is 13.6. The third kappa shape index (κ3) is 9.01. The monoisotopic (exact) mass is 549 g/mol. The molecular weight excluding hydrogens is 516 g/mol. The number of halogens is 1. The minimum Gasteiger partial charge on any atom is -1.00 e. The summed E-state index contributed by atoms with van der Waals surface area (Å²) in [6, 6.07) is 12.9. The standard InChI is InChI=1S/C28H32FN3O6.Na.H/c1-17(2)26-24(12-11-21(33)14-22(34)15-25(35)36)32(20-9-7-19(29)8-10-20)31-27(26)28(37)30-16-18-5-4-6-23(13-18)38-3;;/h4-13,17,21-22,33-34H,14-16H2,1-3H3,(H,30,37)(H,35,36);;/q;+1;-1/b12-11+;;/t21-,22+;;/m0../s1. The van der Waals surface area contributed by atoms with E-state index in [2.05, 4.69) is 10.4 Å². The van der Waals surface area contributed by atoms with Crippen LogP contribution in [0.3, 0.4) is 0 Å². The van der Waals surface area contributed by atoms with E-state index in [1.54, 1.807) is 19.3 Å². The minimum absolute atomic E-state index is 0. The van der Waals surface area contributed by atoms with Crippen LogP contribution < -0.4 is 39.6 Å². The van der Waals surface area contributed by atoms with Gasteiger partial charge in [0.25, 0.3) is 5.91 Å². The first-order valence-corrected chi connectivity index (χ1v) is 12.1. The third-order valence-electron chi connectivity index (χ3n) is 5.81. The normalized spacial score (nSPS) is 12.7. The van der Waals surface area contributed by atoms with Crippen molar-refractivity contribution in [3.63, 3.8) is 0 Å². The first-order valence-electron chi connectivity index (χ1n) is 12.1. The van der Waals surface area contributed by atoms with Gasteiger partial charge < -0.3 is 26.8 Å². The van der Waals surface area contributed by atoms with Crippen molar-refractivity contribution in [1.29, 1.82) is 0 Å². The summed E-state index contributed by atoms with van der Waals surface area (Å²) < 4.78 is 20.3. The molecular formula is C28H33FN3NaO6. The maximum absolute atomic E-state index is 13.6. The smallest absolute Gasteiger partial charge is 1.00 e. The van der Waals surface area contributed by atoms with Gasteiger partial charge in [-0.05, 0) is 54.0 Å². The Labute approximate surface area is 250 Å². The van der Waals surface area contributed by atoms with Crippen LogP contribution in [0.25, 0.3) is 11.8 Å². The van der Waals surface area contributed by atoms with E-state index in [4.69, 9.17) is 9.84 Å². The molecule has 0 radical (unpaired) electrons. The van der Waals surface area contributed by atoms with E-state index >= 15 is 0 Å². The summed E-state index contributed by atoms with van der Waals surface area (Å²) in [6.45, 7) is 4.03. The molecule has 0 spiro atoms. The van der Waals surface area contributed by atoms with E-state index in [9.17, 15) is 24.2 Å². The van der Waals surface area contributed by atoms with Crippen LogP contribution in [0.2, 0.25) is 0 Å². The molecule has 0 aliphatic carbocycles. The van der Waals surface area contributed by atoms with E-state index in [0.29, 0.717) is 22.7 Å². The van der Waals surface area contributed by atoms with Gasteiger partial charge in [0, 0.05) is 18.5 Å². The number of carbonyl (C=O) groups is 2. The van der Waals surface area contributed by atoms with Crippen LogP contribution in [0.15, 0.2) is 54.6 Å². The Kier molecular flexibility index (Phi) is 12.3. The van der Waals surface area contributed by atoms with E-state index in [1.807, 2.05) is 32.0 Å². The number of rotatable bonds is 12. The number of hydrogen-bond donors (Lipinski definition) is 4. The second-order valence-electron chi connectivity index (χ2n) is 9.14. The number of ether oxygens (including phenoxy) is 1. The number of aliphatic hydroxyl groups is 2. The first kappa shape index (κ1) is 32.2. The van der Waals surface area contributed by atoms with Gasteiger partial charge in [-0.2, -0.15) is 5.10 Å². The molecule has 3 aromatic rings. The zero-order chi connectivity index (χ0) is 27.8. The predicted octanol–water partition coefficient (Wildman–Crippen LogP) is 0.790. The van der Waals surface area contributed by atoms with Gasteiger partial charge in [0.1, 0.15) is 11.6 Å². The van der Waals surface area contributed by atoms with E-state index in [0.717, 1.165) is 5.56 Å². The molecule has 0 saturated heterocycles. The van der Waals surface area contributed by atoms with Gasteiger partial charge in [-0.1, -0.05) is 32.1 Å². The molecule has 39 heavy (non-hydrogen) atoms. The van der Waals surface area contributed by atoms with Crippen molar-refractivity contribution in [3.8, 4) is 11.4 Å². The van der Waals surface area contributed by atoms with E-state index in [1.165, 1.54) is 35.0 Å². The Morgan fingerprint density at radius 1 is 1.18 bits per heavy atom. The van der Waals surface area contributed by atoms with Crippen LogP contribution in [0.4, 0.5) is 4.39 Å². The number of nitrogens with zero attached hydrogens (tertiary/aromatic N) is 2. The fourth-order valence-corrected chi connectivity index (χ4v) is 4.01. The van der Waals surface area contributed by atoms with Gasteiger partial charge in [-0.3, -0.25) is 9.59 Å². The molecule has 0 bridgehead atoms. The second kappa shape index (κ2) is 14.9. The van der Waals surface area contributed by atoms with Gasteiger partial charge in [0.05, 0.1) is 37.1 Å². The fraction of sp³-hybridized carbons (Fsp3) is 0.321. The SMILES string of the molecule is COc1cccc(CNC(=O)c2nn(-c3ccc(F)cc3)c(/C=C/[C@H](O)C[C@@H](O)CC(=O)O)c2C(C)C)c1.[H-].[Na+]. The van der Waals surface area contributed by atoms with Crippen LogP contribution >= 0.6 is 0 Å². The molecule has 0 fully saturated rings. The number of aromatic nitrogens is 2. The molecule has 9 nitrogen and oxygen atoms in total. The summed E-state index contributed by atoms with van der Waals surface area (Å²) in [6.07, 6.45) is -0.0665. The van der Waals surface area contributed by atoms with Crippen molar-refractivity contribution in [2.45, 2.75) is 51.4 Å². The van der Waals surface area contributed by atoms with E-state index in [-0.39, 0.29) is 55.6 Å². The average Bonchev–Trinajstić information content (AvgIpc) is 3.26. The predicted molar refractivity (Wildman–Crippen MR) is 141 cm³/mol. The maximum Gasteiger partial charge on any atom is 1.00 e. The molecule has 0 aliphatic rings. The molecule has 0 unspecified atom stereocenters. The summed E-state index contributed by atoms with van der Waals surface area (Å²) in [5, 5.41) is 36.5. The van der Waals surface area contributed by atoms with Crippen molar-refractivity contribution in [2.24, 2.45) is 0 Å². The molecule has 1 aromatic heterocycles. The number of hydrogen-bond acceptors (Lipinski definition) is 6. The van der Waals surface area contributed by atoms with E-state index < -0.39 is 36.3 Å². The molecule has 1 amide bonds. The number of benzene rings is 2. The molecule has 2 atom stereocenters. The number of aliphatic hydroxyl groups excluding tert-OH is 2. The molecule has 4 N–H and O–H groups in total. The Bertz CT molecular complexity index is 1300. The molecule has 0 aliphatic heterocycles. The van der Waals surface area contributed by atoms with Crippen molar-refractivity contribution in [3.05, 3.63) is 82.9 Å². The zero-order valence-electron chi connectivity index (χ0n) is 23.5. The zero-order valence-corrected chi connectivity index (χ0v) is 24.5. The quantitative estimate of drug-likeness (QED) is 0.246. The van der Waals surface area contributed by atoms with Gasteiger partial charge in [0.2, 0.25) is 0 Å². The molecule has 204 valence electrons. The average molecular weight is 550 g/mol. The second-order valence-corrected chi connectivity index (χ2v) is 9.14. The Morgan fingerprint density at radius 3 is 2.49 bits per heavy atom. The summed E-state index contributed by atoms with van der Waals surface area (Å²) in [5.41, 5.74) is 2.61. The first-order chi connectivity index (χ1) is 18.1. The third-order valence-corrected chi connectivity index (χ3v) is 5.81. The minimum atomic E-state index is -1.23. The molecule has 1 heterocycles.